The monoisotopic (exact) mass is 273 g/mol. The molecule has 1 rings (SSSR count). The number of hydrogen-bond donors (Lipinski definition) is 1. The number of halogens is 3. The Kier molecular flexibility index (Phi) is 4.61. The molecule has 106 valence electrons. The van der Waals surface area contributed by atoms with Crippen molar-refractivity contribution >= 4 is 5.91 Å². The number of amides is 1. The molecular weight excluding hydrogens is 255 g/mol. The molecule has 1 N–H and O–H groups in total. The van der Waals surface area contributed by atoms with Crippen LogP contribution in [0.4, 0.5) is 13.2 Å². The lowest BCUT2D eigenvalue weighted by molar-refractivity contribution is -0.197. The maximum absolute atomic E-state index is 13.3. The maximum atomic E-state index is 13.3. The lowest BCUT2D eigenvalue weighted by Crippen LogP contribution is -2.54. The van der Waals surface area contributed by atoms with Gasteiger partial charge in [-0.3, -0.25) is 4.79 Å². The molecule has 0 aliphatic carbocycles. The Morgan fingerprint density at radius 3 is 2.16 bits per heavy atom. The normalized spacial score (nSPS) is 15.1. The van der Waals surface area contributed by atoms with Gasteiger partial charge >= 0.3 is 6.18 Å². The van der Waals surface area contributed by atoms with Gasteiger partial charge in [0.15, 0.2) is 5.54 Å². The second kappa shape index (κ2) is 5.63. The summed E-state index contributed by atoms with van der Waals surface area (Å²) in [5, 5.41) is 2.12. The first-order chi connectivity index (χ1) is 8.67. The van der Waals surface area contributed by atoms with Gasteiger partial charge in [-0.1, -0.05) is 44.2 Å². The molecule has 0 bridgehead atoms. The average Bonchev–Trinajstić information content (AvgIpc) is 2.27. The lowest BCUT2D eigenvalue weighted by Gasteiger charge is -2.33. The van der Waals surface area contributed by atoms with Crippen LogP contribution in [0.1, 0.15) is 32.8 Å². The molecule has 1 amide bonds. The number of carbonyl (C=O) groups excluding carboxylic acids is 1. The van der Waals surface area contributed by atoms with Crippen LogP contribution >= 0.6 is 0 Å². The van der Waals surface area contributed by atoms with Gasteiger partial charge in [-0.25, -0.2) is 0 Å². The third kappa shape index (κ3) is 3.72. The van der Waals surface area contributed by atoms with Crippen molar-refractivity contribution in [2.75, 3.05) is 0 Å². The average molecular weight is 273 g/mol. The summed E-state index contributed by atoms with van der Waals surface area (Å²) in [6.45, 7) is 4.56. The highest BCUT2D eigenvalue weighted by molar-refractivity contribution is 5.77. The minimum Gasteiger partial charge on any atom is -0.339 e. The van der Waals surface area contributed by atoms with Crippen molar-refractivity contribution in [2.45, 2.75) is 38.9 Å². The van der Waals surface area contributed by atoms with Gasteiger partial charge in [0, 0.05) is 6.42 Å². The summed E-state index contributed by atoms with van der Waals surface area (Å²) in [6.07, 6.45) is -4.49. The van der Waals surface area contributed by atoms with Crippen molar-refractivity contribution in [2.24, 2.45) is 5.92 Å². The van der Waals surface area contributed by atoms with Crippen molar-refractivity contribution in [1.82, 2.24) is 5.32 Å². The summed E-state index contributed by atoms with van der Waals surface area (Å²) in [5.41, 5.74) is -2.33. The lowest BCUT2D eigenvalue weighted by atomic mass is 9.90. The van der Waals surface area contributed by atoms with Crippen LogP contribution < -0.4 is 5.32 Å². The number of hydrogen-bond acceptors (Lipinski definition) is 1. The van der Waals surface area contributed by atoms with E-state index in [0.29, 0.717) is 0 Å². The second-order valence-corrected chi connectivity index (χ2v) is 5.13. The molecule has 0 saturated carbocycles. The third-order valence-electron chi connectivity index (χ3n) is 2.90. The summed E-state index contributed by atoms with van der Waals surface area (Å²) in [6, 6.07) is 7.41. The molecule has 0 fully saturated rings. The predicted octanol–water partition coefficient (Wildman–Crippen LogP) is 3.63. The first kappa shape index (κ1) is 15.5. The van der Waals surface area contributed by atoms with E-state index in [4.69, 9.17) is 0 Å². The molecule has 0 heterocycles. The van der Waals surface area contributed by atoms with Crippen LogP contribution in [-0.2, 0) is 10.3 Å². The SMILES string of the molecule is CC(C)CC(=O)N[C@@](C)(c1ccccc1)C(F)(F)F. The van der Waals surface area contributed by atoms with Gasteiger partial charge in [-0.05, 0) is 18.4 Å². The number of rotatable bonds is 4. The summed E-state index contributed by atoms with van der Waals surface area (Å²) >= 11 is 0. The molecule has 19 heavy (non-hydrogen) atoms. The van der Waals surface area contributed by atoms with Crippen LogP contribution in [0.5, 0.6) is 0 Å². The Labute approximate surface area is 111 Å². The summed E-state index contributed by atoms with van der Waals surface area (Å²) < 4.78 is 39.8. The standard InChI is InChI=1S/C14H18F3NO/c1-10(2)9-12(19)18-13(3,14(15,16)17)11-7-5-4-6-8-11/h4-8,10H,9H2,1-3H3,(H,18,19)/t13-/m0/s1. The van der Waals surface area contributed by atoms with E-state index in [1.165, 1.54) is 24.3 Å². The fraction of sp³-hybridized carbons (Fsp3) is 0.500. The zero-order chi connectivity index (χ0) is 14.7. The molecule has 5 heteroatoms. The van der Waals surface area contributed by atoms with Gasteiger partial charge in [0.05, 0.1) is 0 Å². The van der Waals surface area contributed by atoms with Gasteiger partial charge in [0.2, 0.25) is 5.91 Å². The smallest absolute Gasteiger partial charge is 0.339 e. The van der Waals surface area contributed by atoms with Gasteiger partial charge in [0.1, 0.15) is 0 Å². The van der Waals surface area contributed by atoms with Crippen LogP contribution in [0.2, 0.25) is 0 Å². The molecule has 0 saturated heterocycles. The fourth-order valence-corrected chi connectivity index (χ4v) is 1.78. The molecule has 1 aromatic rings. The zero-order valence-corrected chi connectivity index (χ0v) is 11.2. The topological polar surface area (TPSA) is 29.1 Å². The minimum atomic E-state index is -4.55. The Bertz CT molecular complexity index is 428. The van der Waals surface area contributed by atoms with Crippen LogP contribution in [0.25, 0.3) is 0 Å². The Morgan fingerprint density at radius 2 is 1.74 bits per heavy atom. The van der Waals surface area contributed by atoms with E-state index < -0.39 is 17.6 Å². The van der Waals surface area contributed by atoms with E-state index in [9.17, 15) is 18.0 Å². The Balaban J connectivity index is 3.06. The number of nitrogens with one attached hydrogen (secondary N) is 1. The Hall–Kier alpha value is -1.52. The van der Waals surface area contributed by atoms with E-state index in [1.54, 1.807) is 19.9 Å². The number of carbonyl (C=O) groups is 1. The molecule has 0 aliphatic rings. The predicted molar refractivity (Wildman–Crippen MR) is 67.4 cm³/mol. The zero-order valence-electron chi connectivity index (χ0n) is 11.2. The first-order valence-corrected chi connectivity index (χ1v) is 6.10. The van der Waals surface area contributed by atoms with Gasteiger partial charge in [-0.2, -0.15) is 13.2 Å². The quantitative estimate of drug-likeness (QED) is 0.891. The van der Waals surface area contributed by atoms with Crippen molar-refractivity contribution in [1.29, 1.82) is 0 Å². The van der Waals surface area contributed by atoms with Crippen molar-refractivity contribution in [3.05, 3.63) is 35.9 Å². The molecule has 0 aliphatic heterocycles. The second-order valence-electron chi connectivity index (χ2n) is 5.13. The van der Waals surface area contributed by atoms with Crippen LogP contribution in [0.3, 0.4) is 0 Å². The molecule has 1 atom stereocenters. The fourth-order valence-electron chi connectivity index (χ4n) is 1.78. The van der Waals surface area contributed by atoms with Crippen molar-refractivity contribution in [3.8, 4) is 0 Å². The highest BCUT2D eigenvalue weighted by atomic mass is 19.4. The highest BCUT2D eigenvalue weighted by Crippen LogP contribution is 2.38. The van der Waals surface area contributed by atoms with Crippen LogP contribution in [-0.4, -0.2) is 12.1 Å². The van der Waals surface area contributed by atoms with Crippen LogP contribution in [0, 0.1) is 5.92 Å². The molecule has 2 nitrogen and oxygen atoms in total. The Morgan fingerprint density at radius 1 is 1.21 bits per heavy atom. The van der Waals surface area contributed by atoms with E-state index in [2.05, 4.69) is 5.32 Å². The van der Waals surface area contributed by atoms with Crippen LogP contribution in [0.15, 0.2) is 30.3 Å². The van der Waals surface area contributed by atoms with E-state index >= 15 is 0 Å². The molecule has 0 unspecified atom stereocenters. The number of benzene rings is 1. The van der Waals surface area contributed by atoms with Gasteiger partial charge in [0.25, 0.3) is 0 Å². The third-order valence-corrected chi connectivity index (χ3v) is 2.90. The van der Waals surface area contributed by atoms with Crippen molar-refractivity contribution in [3.63, 3.8) is 0 Å². The number of alkyl halides is 3. The van der Waals surface area contributed by atoms with E-state index in [0.717, 1.165) is 6.92 Å². The molecule has 1 aromatic carbocycles. The van der Waals surface area contributed by atoms with Crippen molar-refractivity contribution < 1.29 is 18.0 Å². The summed E-state index contributed by atoms with van der Waals surface area (Å²) in [4.78, 5) is 11.7. The van der Waals surface area contributed by atoms with E-state index in [1.807, 2.05) is 0 Å². The minimum absolute atomic E-state index is 0.00765. The molecular formula is C14H18F3NO. The maximum Gasteiger partial charge on any atom is 0.415 e. The first-order valence-electron chi connectivity index (χ1n) is 6.10. The summed E-state index contributed by atoms with van der Waals surface area (Å²) in [5.74, 6) is -0.591. The molecule has 0 radical (unpaired) electrons. The van der Waals surface area contributed by atoms with Gasteiger partial charge in [-0.15, -0.1) is 0 Å². The largest absolute Gasteiger partial charge is 0.415 e. The summed E-state index contributed by atoms with van der Waals surface area (Å²) in [7, 11) is 0. The highest BCUT2D eigenvalue weighted by Gasteiger charge is 2.53. The van der Waals surface area contributed by atoms with E-state index in [-0.39, 0.29) is 17.9 Å². The molecule has 0 spiro atoms. The molecule has 0 aromatic heterocycles. The van der Waals surface area contributed by atoms with Gasteiger partial charge < -0.3 is 5.32 Å².